The molecule has 27 heavy (non-hydrogen) atoms. The topological polar surface area (TPSA) is 78.4 Å². The Kier molecular flexibility index (Phi) is 6.28. The number of carbonyl (C=O) groups is 2. The van der Waals surface area contributed by atoms with Crippen LogP contribution in [0.15, 0.2) is 47.2 Å². The summed E-state index contributed by atoms with van der Waals surface area (Å²) in [6, 6.07) is 10.6. The zero-order valence-electron chi connectivity index (χ0n) is 14.4. The summed E-state index contributed by atoms with van der Waals surface area (Å²) in [4.78, 5) is 25.6. The molecule has 0 aliphatic carbocycles. The van der Waals surface area contributed by atoms with Gasteiger partial charge < -0.3 is 15.7 Å². The van der Waals surface area contributed by atoms with Gasteiger partial charge >= 0.3 is 11.8 Å². The molecule has 0 radical (unpaired) electrons. The third-order valence-electron chi connectivity index (χ3n) is 3.87. The van der Waals surface area contributed by atoms with E-state index in [1.165, 1.54) is 22.7 Å². The fourth-order valence-corrected chi connectivity index (χ4v) is 4.16. The van der Waals surface area contributed by atoms with Crippen LogP contribution in [0.4, 0.5) is 5.69 Å². The smallest absolute Gasteiger partial charge is 0.313 e. The molecule has 1 atom stereocenters. The van der Waals surface area contributed by atoms with E-state index in [1.807, 2.05) is 35.9 Å². The van der Waals surface area contributed by atoms with E-state index in [4.69, 9.17) is 11.6 Å². The highest BCUT2D eigenvalue weighted by Gasteiger charge is 2.16. The van der Waals surface area contributed by atoms with Gasteiger partial charge in [-0.25, -0.2) is 0 Å². The molecule has 0 aliphatic heterocycles. The molecule has 3 rings (SSSR count). The molecule has 3 aromatic rings. The van der Waals surface area contributed by atoms with Crippen molar-refractivity contribution in [1.82, 2.24) is 5.32 Å². The maximum absolute atomic E-state index is 12.0. The van der Waals surface area contributed by atoms with Crippen LogP contribution in [0.25, 0.3) is 0 Å². The molecule has 2 heterocycles. The molecule has 2 amide bonds. The molecule has 0 saturated heterocycles. The number of hydrogen-bond donors (Lipinski definition) is 3. The molecule has 0 bridgehead atoms. The normalized spacial score (nSPS) is 11.8. The average molecular weight is 421 g/mol. The molecule has 1 aromatic carbocycles. The number of amides is 2. The van der Waals surface area contributed by atoms with Gasteiger partial charge in [0.1, 0.15) is 6.10 Å². The van der Waals surface area contributed by atoms with Gasteiger partial charge in [0, 0.05) is 20.5 Å². The first-order valence-electron chi connectivity index (χ1n) is 8.08. The van der Waals surface area contributed by atoms with Gasteiger partial charge in [-0.1, -0.05) is 17.7 Å². The third-order valence-corrected chi connectivity index (χ3v) is 6.12. The summed E-state index contributed by atoms with van der Waals surface area (Å²) in [5.74, 6) is -1.50. The van der Waals surface area contributed by atoms with Gasteiger partial charge in [0.05, 0.1) is 6.54 Å². The van der Waals surface area contributed by atoms with Crippen molar-refractivity contribution < 1.29 is 14.7 Å². The number of nitrogens with one attached hydrogen (secondary N) is 2. The fraction of sp³-hybridized carbons (Fsp3) is 0.158. The van der Waals surface area contributed by atoms with Crippen molar-refractivity contribution in [3.05, 3.63) is 73.1 Å². The number of benzene rings is 1. The van der Waals surface area contributed by atoms with Crippen molar-refractivity contribution in [3.8, 4) is 0 Å². The molecule has 0 aliphatic rings. The minimum atomic E-state index is -0.759. The van der Waals surface area contributed by atoms with E-state index < -0.39 is 17.9 Å². The summed E-state index contributed by atoms with van der Waals surface area (Å²) >= 11 is 8.93. The molecule has 1 unspecified atom stereocenters. The number of aliphatic hydroxyl groups is 1. The zero-order chi connectivity index (χ0) is 19.4. The second-order valence-corrected chi connectivity index (χ2v) is 8.25. The van der Waals surface area contributed by atoms with Crippen LogP contribution in [0.1, 0.15) is 27.0 Å². The Bertz CT molecular complexity index is 954. The first-order valence-corrected chi connectivity index (χ1v) is 10.2. The van der Waals surface area contributed by atoms with Crippen molar-refractivity contribution >= 4 is 51.8 Å². The summed E-state index contributed by atoms with van der Waals surface area (Å²) in [5, 5.41) is 19.7. The summed E-state index contributed by atoms with van der Waals surface area (Å²) in [6.45, 7) is 2.06. The summed E-state index contributed by atoms with van der Waals surface area (Å²) in [5.41, 5.74) is 2.19. The Labute approximate surface area is 169 Å². The van der Waals surface area contributed by atoms with Gasteiger partial charge in [0.25, 0.3) is 0 Å². The summed E-state index contributed by atoms with van der Waals surface area (Å²) < 4.78 is 0. The molecule has 0 spiro atoms. The van der Waals surface area contributed by atoms with Gasteiger partial charge in [-0.05, 0) is 59.1 Å². The minimum absolute atomic E-state index is 0.210. The molecular weight excluding hydrogens is 404 g/mol. The third kappa shape index (κ3) is 4.95. The molecule has 5 nitrogen and oxygen atoms in total. The van der Waals surface area contributed by atoms with E-state index in [1.54, 1.807) is 18.2 Å². The number of anilines is 1. The van der Waals surface area contributed by atoms with Crippen LogP contribution in [0, 0.1) is 6.92 Å². The fourth-order valence-electron chi connectivity index (χ4n) is 2.34. The van der Waals surface area contributed by atoms with Gasteiger partial charge in [-0.15, -0.1) is 11.3 Å². The van der Waals surface area contributed by atoms with Crippen LogP contribution in [-0.4, -0.2) is 16.9 Å². The molecule has 140 valence electrons. The van der Waals surface area contributed by atoms with Crippen molar-refractivity contribution in [1.29, 1.82) is 0 Å². The number of rotatable bonds is 5. The molecule has 2 aromatic heterocycles. The molecule has 3 N–H and O–H groups in total. The molecule has 0 saturated carbocycles. The lowest BCUT2D eigenvalue weighted by atomic mass is 10.2. The highest BCUT2D eigenvalue weighted by molar-refractivity contribution is 7.12. The first kappa shape index (κ1) is 19.6. The lowest BCUT2D eigenvalue weighted by molar-refractivity contribution is -0.136. The average Bonchev–Trinajstić information content (AvgIpc) is 3.34. The minimum Gasteiger partial charge on any atom is -0.383 e. The second kappa shape index (κ2) is 8.67. The van der Waals surface area contributed by atoms with Gasteiger partial charge in [-0.3, -0.25) is 9.59 Å². The SMILES string of the molecule is Cc1ccc(NC(=O)C(=O)NCc2ccc(C(O)c3ccsc3)s2)cc1Cl. The Balaban J connectivity index is 1.54. The van der Waals surface area contributed by atoms with E-state index in [-0.39, 0.29) is 6.54 Å². The van der Waals surface area contributed by atoms with Crippen LogP contribution in [-0.2, 0) is 16.1 Å². The van der Waals surface area contributed by atoms with Crippen LogP contribution in [0.3, 0.4) is 0 Å². The van der Waals surface area contributed by atoms with Crippen molar-refractivity contribution in [2.45, 2.75) is 19.6 Å². The highest BCUT2D eigenvalue weighted by Crippen LogP contribution is 2.29. The van der Waals surface area contributed by atoms with E-state index in [0.29, 0.717) is 10.7 Å². The lowest BCUT2D eigenvalue weighted by Crippen LogP contribution is -2.34. The van der Waals surface area contributed by atoms with E-state index >= 15 is 0 Å². The molecule has 8 heteroatoms. The number of aryl methyl sites for hydroxylation is 1. The maximum Gasteiger partial charge on any atom is 0.313 e. The van der Waals surface area contributed by atoms with Crippen LogP contribution in [0.2, 0.25) is 5.02 Å². The monoisotopic (exact) mass is 420 g/mol. The Morgan fingerprint density at radius 1 is 1.19 bits per heavy atom. The number of hydrogen-bond acceptors (Lipinski definition) is 5. The predicted octanol–water partition coefficient (Wildman–Crippen LogP) is 4.11. The zero-order valence-corrected chi connectivity index (χ0v) is 16.8. The van der Waals surface area contributed by atoms with Crippen molar-refractivity contribution in [3.63, 3.8) is 0 Å². The quantitative estimate of drug-likeness (QED) is 0.543. The number of aliphatic hydroxyl groups excluding tert-OH is 1. The van der Waals surface area contributed by atoms with Gasteiger partial charge in [-0.2, -0.15) is 11.3 Å². The van der Waals surface area contributed by atoms with Crippen molar-refractivity contribution in [2.75, 3.05) is 5.32 Å². The number of halogens is 1. The van der Waals surface area contributed by atoms with Gasteiger partial charge in [0.2, 0.25) is 0 Å². The lowest BCUT2D eigenvalue weighted by Gasteiger charge is -2.07. The predicted molar refractivity (Wildman–Crippen MR) is 109 cm³/mol. The Morgan fingerprint density at radius 3 is 2.70 bits per heavy atom. The second-order valence-electron chi connectivity index (χ2n) is 5.86. The van der Waals surface area contributed by atoms with Crippen molar-refractivity contribution in [2.24, 2.45) is 0 Å². The van der Waals surface area contributed by atoms with Crippen LogP contribution in [0.5, 0.6) is 0 Å². The van der Waals surface area contributed by atoms with E-state index in [2.05, 4.69) is 10.6 Å². The largest absolute Gasteiger partial charge is 0.383 e. The van der Waals surface area contributed by atoms with E-state index in [0.717, 1.165) is 20.9 Å². The Morgan fingerprint density at radius 2 is 2.00 bits per heavy atom. The summed E-state index contributed by atoms with van der Waals surface area (Å²) in [7, 11) is 0. The van der Waals surface area contributed by atoms with Crippen LogP contribution >= 0.6 is 34.3 Å². The summed E-state index contributed by atoms with van der Waals surface area (Å²) in [6.07, 6.45) is -0.680. The molecule has 0 fully saturated rings. The van der Waals surface area contributed by atoms with Gasteiger partial charge in [0.15, 0.2) is 0 Å². The standard InChI is InChI=1S/C19H17ClN2O3S2/c1-11-2-3-13(8-15(11)20)22-19(25)18(24)21-9-14-4-5-16(27-14)17(23)12-6-7-26-10-12/h2-8,10,17,23H,9H2,1H3,(H,21,24)(H,22,25). The first-order chi connectivity index (χ1) is 12.9. The highest BCUT2D eigenvalue weighted by atomic mass is 35.5. The molecular formula is C19H17ClN2O3S2. The number of thiophene rings is 2. The van der Waals surface area contributed by atoms with E-state index in [9.17, 15) is 14.7 Å². The Hall–Kier alpha value is -2.19. The van der Waals surface area contributed by atoms with Crippen LogP contribution < -0.4 is 10.6 Å². The maximum atomic E-state index is 12.0. The number of carbonyl (C=O) groups excluding carboxylic acids is 2.